The van der Waals surface area contributed by atoms with E-state index >= 15 is 0 Å². The maximum Gasteiger partial charge on any atom is 0.338 e. The van der Waals surface area contributed by atoms with E-state index in [-0.39, 0.29) is 0 Å². The molecule has 0 atom stereocenters. The van der Waals surface area contributed by atoms with Gasteiger partial charge in [0.2, 0.25) is 0 Å². The van der Waals surface area contributed by atoms with Gasteiger partial charge in [0.25, 0.3) is 0 Å². The first-order valence-corrected chi connectivity index (χ1v) is 6.54. The molecule has 0 bridgehead atoms. The molecule has 20 heavy (non-hydrogen) atoms. The number of nitrogens with zero attached hydrogens (tertiary/aromatic N) is 1. The molecular weight excluding hydrogens is 299 g/mol. The molecule has 0 aliphatic carbocycles. The molecule has 0 amide bonds. The Bertz CT molecular complexity index is 660. The second-order valence-corrected chi connectivity index (χ2v) is 4.88. The van der Waals surface area contributed by atoms with Crippen molar-refractivity contribution in [2.45, 2.75) is 6.92 Å². The fraction of sp³-hybridized carbons (Fsp3) is 0.143. The molecule has 1 aromatic heterocycles. The Morgan fingerprint density at radius 3 is 2.75 bits per heavy atom. The largest absolute Gasteiger partial charge is 0.465 e. The number of carbonyl (C=O) groups excluding carboxylic acids is 1. The highest BCUT2D eigenvalue weighted by Gasteiger charge is 2.11. The summed E-state index contributed by atoms with van der Waals surface area (Å²) >= 11 is 12.3. The van der Waals surface area contributed by atoms with Crippen molar-refractivity contribution in [2.24, 2.45) is 0 Å². The van der Waals surface area contributed by atoms with Crippen LogP contribution in [0.4, 0.5) is 11.5 Å². The third-order valence-corrected chi connectivity index (χ3v) is 3.52. The van der Waals surface area contributed by atoms with Crippen molar-refractivity contribution in [3.8, 4) is 0 Å². The molecule has 104 valence electrons. The number of halogens is 2. The third kappa shape index (κ3) is 3.03. The monoisotopic (exact) mass is 310 g/mol. The van der Waals surface area contributed by atoms with Crippen LogP contribution < -0.4 is 5.32 Å². The van der Waals surface area contributed by atoms with Gasteiger partial charge in [-0.15, -0.1) is 0 Å². The SMILES string of the molecule is COC(=O)c1ccnc(Nc2c(Cl)ccc(C)c2Cl)c1. The van der Waals surface area contributed by atoms with E-state index in [0.29, 0.717) is 27.1 Å². The lowest BCUT2D eigenvalue weighted by Crippen LogP contribution is -2.03. The number of pyridine rings is 1. The van der Waals surface area contributed by atoms with Gasteiger partial charge in [0.05, 0.1) is 28.4 Å². The topological polar surface area (TPSA) is 51.2 Å². The van der Waals surface area contributed by atoms with Gasteiger partial charge in [-0.05, 0) is 30.7 Å². The number of benzene rings is 1. The Morgan fingerprint density at radius 1 is 1.30 bits per heavy atom. The summed E-state index contributed by atoms with van der Waals surface area (Å²) in [5, 5.41) is 4.01. The third-order valence-electron chi connectivity index (χ3n) is 2.72. The number of hydrogen-bond donors (Lipinski definition) is 1. The van der Waals surface area contributed by atoms with Crippen LogP contribution in [0.15, 0.2) is 30.5 Å². The van der Waals surface area contributed by atoms with E-state index in [1.165, 1.54) is 13.3 Å². The van der Waals surface area contributed by atoms with Crippen LogP contribution >= 0.6 is 23.2 Å². The zero-order valence-corrected chi connectivity index (χ0v) is 12.4. The number of esters is 1. The zero-order chi connectivity index (χ0) is 14.7. The first-order valence-electron chi connectivity index (χ1n) is 5.79. The molecule has 0 aliphatic rings. The van der Waals surface area contributed by atoms with E-state index in [2.05, 4.69) is 15.0 Å². The lowest BCUT2D eigenvalue weighted by Gasteiger charge is -2.12. The van der Waals surface area contributed by atoms with Crippen LogP contribution in [0, 0.1) is 6.92 Å². The van der Waals surface area contributed by atoms with E-state index in [1.807, 2.05) is 13.0 Å². The average Bonchev–Trinajstić information content (AvgIpc) is 2.47. The summed E-state index contributed by atoms with van der Waals surface area (Å²) in [6, 6.07) is 6.71. The average molecular weight is 311 g/mol. The minimum atomic E-state index is -0.433. The smallest absolute Gasteiger partial charge is 0.338 e. The van der Waals surface area contributed by atoms with Crippen molar-refractivity contribution < 1.29 is 9.53 Å². The molecule has 1 heterocycles. The maximum absolute atomic E-state index is 11.5. The molecule has 1 aromatic carbocycles. The van der Waals surface area contributed by atoms with E-state index in [0.717, 1.165) is 5.56 Å². The Morgan fingerprint density at radius 2 is 2.05 bits per heavy atom. The first-order chi connectivity index (χ1) is 9.52. The molecule has 0 spiro atoms. The molecule has 0 saturated carbocycles. The summed E-state index contributed by atoms with van der Waals surface area (Å²) in [7, 11) is 1.32. The van der Waals surface area contributed by atoms with Gasteiger partial charge in [0, 0.05) is 6.20 Å². The van der Waals surface area contributed by atoms with Crippen molar-refractivity contribution >= 4 is 40.7 Å². The number of methoxy groups -OCH3 is 1. The first kappa shape index (κ1) is 14.6. The number of hydrogen-bond acceptors (Lipinski definition) is 4. The number of aromatic nitrogens is 1. The standard InChI is InChI=1S/C14H12Cl2N2O2/c1-8-3-4-10(15)13(12(8)16)18-11-7-9(5-6-17-11)14(19)20-2/h3-7H,1-2H3,(H,17,18). The fourth-order valence-electron chi connectivity index (χ4n) is 1.64. The second-order valence-electron chi connectivity index (χ2n) is 4.10. The summed E-state index contributed by atoms with van der Waals surface area (Å²) in [6.07, 6.45) is 1.51. The molecule has 1 N–H and O–H groups in total. The van der Waals surface area contributed by atoms with Gasteiger partial charge < -0.3 is 10.1 Å². The number of rotatable bonds is 3. The number of carbonyl (C=O) groups is 1. The van der Waals surface area contributed by atoms with Gasteiger partial charge in [0.15, 0.2) is 0 Å². The van der Waals surface area contributed by atoms with Gasteiger partial charge in [-0.25, -0.2) is 9.78 Å². The molecule has 2 rings (SSSR count). The van der Waals surface area contributed by atoms with Crippen molar-refractivity contribution in [3.63, 3.8) is 0 Å². The molecule has 0 radical (unpaired) electrons. The van der Waals surface area contributed by atoms with Crippen LogP contribution in [0.2, 0.25) is 10.0 Å². The van der Waals surface area contributed by atoms with Crippen LogP contribution in [0.5, 0.6) is 0 Å². The molecule has 0 fully saturated rings. The fourth-order valence-corrected chi connectivity index (χ4v) is 2.11. The number of ether oxygens (including phenoxy) is 1. The number of anilines is 2. The lowest BCUT2D eigenvalue weighted by molar-refractivity contribution is 0.0600. The Labute approximate surface area is 126 Å². The number of nitrogens with one attached hydrogen (secondary N) is 1. The molecule has 0 aliphatic heterocycles. The van der Waals surface area contributed by atoms with Gasteiger partial charge >= 0.3 is 5.97 Å². The van der Waals surface area contributed by atoms with E-state index in [9.17, 15) is 4.79 Å². The molecule has 6 heteroatoms. The van der Waals surface area contributed by atoms with Gasteiger partial charge in [-0.3, -0.25) is 0 Å². The van der Waals surface area contributed by atoms with E-state index in [4.69, 9.17) is 23.2 Å². The predicted molar refractivity (Wildman–Crippen MR) is 80.1 cm³/mol. The second kappa shape index (κ2) is 6.11. The molecular formula is C14H12Cl2N2O2. The number of aryl methyl sites for hydroxylation is 1. The Hall–Kier alpha value is -1.78. The highest BCUT2D eigenvalue weighted by atomic mass is 35.5. The van der Waals surface area contributed by atoms with Gasteiger partial charge in [-0.2, -0.15) is 0 Å². The minimum absolute atomic E-state index is 0.393. The maximum atomic E-state index is 11.5. The Balaban J connectivity index is 2.36. The summed E-state index contributed by atoms with van der Waals surface area (Å²) in [6.45, 7) is 1.88. The van der Waals surface area contributed by atoms with E-state index < -0.39 is 5.97 Å². The summed E-state index contributed by atoms with van der Waals surface area (Å²) < 4.78 is 4.66. The van der Waals surface area contributed by atoms with Crippen molar-refractivity contribution in [1.82, 2.24) is 4.98 Å². The van der Waals surface area contributed by atoms with Crippen LogP contribution in [0.1, 0.15) is 15.9 Å². The zero-order valence-electron chi connectivity index (χ0n) is 10.9. The molecule has 4 nitrogen and oxygen atoms in total. The summed E-state index contributed by atoms with van der Waals surface area (Å²) in [5.41, 5.74) is 1.84. The van der Waals surface area contributed by atoms with E-state index in [1.54, 1.807) is 18.2 Å². The Kier molecular flexibility index (Phi) is 4.47. The van der Waals surface area contributed by atoms with Crippen molar-refractivity contribution in [3.05, 3.63) is 51.6 Å². The lowest BCUT2D eigenvalue weighted by atomic mass is 10.2. The quantitative estimate of drug-likeness (QED) is 0.862. The predicted octanol–water partition coefficient (Wildman–Crippen LogP) is 4.23. The minimum Gasteiger partial charge on any atom is -0.465 e. The van der Waals surface area contributed by atoms with Crippen LogP contribution in [0.3, 0.4) is 0 Å². The summed E-state index contributed by atoms with van der Waals surface area (Å²) in [5.74, 6) is 0.0270. The normalized spacial score (nSPS) is 10.2. The van der Waals surface area contributed by atoms with Crippen LogP contribution in [0.25, 0.3) is 0 Å². The molecule has 0 unspecified atom stereocenters. The summed E-state index contributed by atoms with van der Waals surface area (Å²) in [4.78, 5) is 15.6. The van der Waals surface area contributed by atoms with Crippen LogP contribution in [-0.2, 0) is 4.74 Å². The van der Waals surface area contributed by atoms with Crippen LogP contribution in [-0.4, -0.2) is 18.1 Å². The van der Waals surface area contributed by atoms with Gasteiger partial charge in [-0.1, -0.05) is 29.3 Å². The highest BCUT2D eigenvalue weighted by molar-refractivity contribution is 6.39. The molecule has 0 saturated heterocycles. The molecule has 2 aromatic rings. The van der Waals surface area contributed by atoms with Gasteiger partial charge in [0.1, 0.15) is 5.82 Å². The van der Waals surface area contributed by atoms with Crippen molar-refractivity contribution in [2.75, 3.05) is 12.4 Å². The van der Waals surface area contributed by atoms with Crippen molar-refractivity contribution in [1.29, 1.82) is 0 Å². The highest BCUT2D eigenvalue weighted by Crippen LogP contribution is 2.34.